The first-order valence-corrected chi connectivity index (χ1v) is 9.26. The number of benzene rings is 3. The Morgan fingerprint density at radius 3 is 2.29 bits per heavy atom. The second-order valence-electron chi connectivity index (χ2n) is 6.80. The Morgan fingerprint density at radius 2 is 1.50 bits per heavy atom. The number of amides is 1. The van der Waals surface area contributed by atoms with E-state index in [2.05, 4.69) is 11.1 Å². The number of fused-ring (bicyclic) bond motifs is 1. The van der Waals surface area contributed by atoms with Gasteiger partial charge < -0.3 is 4.74 Å². The molecule has 2 heterocycles. The Morgan fingerprint density at radius 1 is 0.821 bits per heavy atom. The summed E-state index contributed by atoms with van der Waals surface area (Å²) in [5, 5.41) is 1.05. The lowest BCUT2D eigenvalue weighted by Gasteiger charge is -2.46. The van der Waals surface area contributed by atoms with Crippen LogP contribution < -0.4 is 9.64 Å². The Bertz CT molecular complexity index is 1130. The van der Waals surface area contributed by atoms with Crippen molar-refractivity contribution < 1.29 is 9.53 Å². The second kappa shape index (κ2) is 6.82. The highest BCUT2D eigenvalue weighted by Gasteiger charge is 2.51. The van der Waals surface area contributed by atoms with Crippen LogP contribution in [0, 0.1) is 0 Å². The first-order chi connectivity index (χ1) is 13.8. The van der Waals surface area contributed by atoms with E-state index in [1.165, 1.54) is 0 Å². The number of β-lactam (4-membered cyclic amide) rings is 1. The summed E-state index contributed by atoms with van der Waals surface area (Å²) in [7, 11) is 0. The van der Waals surface area contributed by atoms with Crippen LogP contribution in [-0.2, 0) is 4.79 Å². The third-order valence-corrected chi connectivity index (χ3v) is 5.04. The zero-order chi connectivity index (χ0) is 18.9. The molecule has 1 aliphatic heterocycles. The molecule has 1 amide bonds. The van der Waals surface area contributed by atoms with Crippen molar-refractivity contribution >= 4 is 22.5 Å². The number of para-hydroxylation sites is 3. The third-order valence-electron chi connectivity index (χ3n) is 5.04. The summed E-state index contributed by atoms with van der Waals surface area (Å²) < 4.78 is 6.07. The summed E-state index contributed by atoms with van der Waals surface area (Å²) in [5.74, 6) is 0.639. The highest BCUT2D eigenvalue weighted by atomic mass is 16.5. The van der Waals surface area contributed by atoms with Crippen LogP contribution in [0.3, 0.4) is 0 Å². The maximum atomic E-state index is 13.0. The molecule has 5 rings (SSSR count). The molecule has 1 fully saturated rings. The normalized spacial score (nSPS) is 18.7. The minimum absolute atomic E-state index is 0.0480. The molecule has 1 aromatic heterocycles. The van der Waals surface area contributed by atoms with Crippen molar-refractivity contribution in [1.82, 2.24) is 4.98 Å². The number of pyridine rings is 1. The lowest BCUT2D eigenvalue weighted by molar-refractivity contribution is -0.135. The molecule has 0 bridgehead atoms. The van der Waals surface area contributed by atoms with E-state index in [0.29, 0.717) is 5.75 Å². The molecule has 0 saturated carbocycles. The van der Waals surface area contributed by atoms with Crippen LogP contribution in [0.5, 0.6) is 5.75 Å². The highest BCUT2D eigenvalue weighted by molar-refractivity contribution is 6.05. The maximum absolute atomic E-state index is 13.0. The second-order valence-corrected chi connectivity index (χ2v) is 6.80. The molecule has 2 atom stereocenters. The number of carbonyl (C=O) groups is 1. The summed E-state index contributed by atoms with van der Waals surface area (Å²) >= 11 is 0. The van der Waals surface area contributed by atoms with Crippen LogP contribution in [0.1, 0.15) is 11.6 Å². The molecule has 136 valence electrons. The van der Waals surface area contributed by atoms with E-state index in [1.807, 2.05) is 91.1 Å². The van der Waals surface area contributed by atoms with Crippen molar-refractivity contribution in [3.05, 3.63) is 103 Å². The lowest BCUT2D eigenvalue weighted by Crippen LogP contribution is -2.61. The monoisotopic (exact) mass is 366 g/mol. The number of rotatable bonds is 4. The van der Waals surface area contributed by atoms with Gasteiger partial charge in [0.15, 0.2) is 0 Å². The average molecular weight is 366 g/mol. The molecular formula is C24H18N2O2. The van der Waals surface area contributed by atoms with Gasteiger partial charge in [0.1, 0.15) is 11.8 Å². The van der Waals surface area contributed by atoms with E-state index in [9.17, 15) is 4.79 Å². The number of hydrogen-bond donors (Lipinski definition) is 0. The Kier molecular flexibility index (Phi) is 4.02. The minimum Gasteiger partial charge on any atom is -0.478 e. The summed E-state index contributed by atoms with van der Waals surface area (Å²) in [5.41, 5.74) is 2.75. The van der Waals surface area contributed by atoms with Crippen LogP contribution in [-0.4, -0.2) is 17.0 Å². The topological polar surface area (TPSA) is 42.4 Å². The molecule has 0 radical (unpaired) electrons. The summed E-state index contributed by atoms with van der Waals surface area (Å²) in [4.78, 5) is 19.4. The Hall–Kier alpha value is -3.66. The van der Waals surface area contributed by atoms with Gasteiger partial charge in [0.2, 0.25) is 6.10 Å². The van der Waals surface area contributed by atoms with Gasteiger partial charge in [-0.1, -0.05) is 54.6 Å². The van der Waals surface area contributed by atoms with Gasteiger partial charge >= 0.3 is 0 Å². The number of anilines is 1. The molecule has 1 aliphatic rings. The van der Waals surface area contributed by atoms with Gasteiger partial charge in [0.25, 0.3) is 5.91 Å². The van der Waals surface area contributed by atoms with E-state index in [-0.39, 0.29) is 11.9 Å². The Labute approximate surface area is 163 Å². The van der Waals surface area contributed by atoms with Crippen molar-refractivity contribution in [2.45, 2.75) is 12.1 Å². The van der Waals surface area contributed by atoms with Crippen LogP contribution in [0.15, 0.2) is 97.2 Å². The standard InChI is InChI=1S/C24H18N2O2/c27-24-23(28-20-12-5-2-6-13-20)22(26(24)19-10-3-1-4-11-19)18-15-17-9-7-8-14-21(17)25-16-18/h1-16,22-23H. The zero-order valence-corrected chi connectivity index (χ0v) is 15.1. The van der Waals surface area contributed by atoms with E-state index < -0.39 is 6.10 Å². The molecule has 0 aliphatic carbocycles. The largest absolute Gasteiger partial charge is 0.478 e. The molecule has 0 N–H and O–H groups in total. The van der Waals surface area contributed by atoms with Gasteiger partial charge in [-0.15, -0.1) is 0 Å². The van der Waals surface area contributed by atoms with Gasteiger partial charge in [-0.3, -0.25) is 14.7 Å². The van der Waals surface area contributed by atoms with Crippen LogP contribution in [0.4, 0.5) is 5.69 Å². The SMILES string of the molecule is O=C1C(Oc2ccccc2)C(c2cnc3ccccc3c2)N1c1ccccc1. The van der Waals surface area contributed by atoms with Gasteiger partial charge in [-0.2, -0.15) is 0 Å². The van der Waals surface area contributed by atoms with Crippen molar-refractivity contribution in [3.8, 4) is 5.75 Å². The van der Waals surface area contributed by atoms with E-state index in [1.54, 1.807) is 4.90 Å². The quantitative estimate of drug-likeness (QED) is 0.489. The summed E-state index contributed by atoms with van der Waals surface area (Å²) in [6.07, 6.45) is 1.27. The number of nitrogens with zero attached hydrogens (tertiary/aromatic N) is 2. The average Bonchev–Trinajstić information content (AvgIpc) is 2.76. The van der Waals surface area contributed by atoms with E-state index in [0.717, 1.165) is 22.2 Å². The van der Waals surface area contributed by atoms with Gasteiger partial charge in [-0.25, -0.2) is 0 Å². The van der Waals surface area contributed by atoms with Gasteiger partial charge in [0.05, 0.1) is 5.52 Å². The fraction of sp³-hybridized carbons (Fsp3) is 0.0833. The number of carbonyl (C=O) groups excluding carboxylic acids is 1. The molecule has 4 aromatic rings. The fourth-order valence-corrected chi connectivity index (χ4v) is 3.67. The minimum atomic E-state index is -0.578. The first kappa shape index (κ1) is 16.5. The predicted molar refractivity (Wildman–Crippen MR) is 109 cm³/mol. The van der Waals surface area contributed by atoms with Crippen LogP contribution >= 0.6 is 0 Å². The summed E-state index contributed by atoms with van der Waals surface area (Å²) in [6.45, 7) is 0. The third kappa shape index (κ3) is 2.79. The fourth-order valence-electron chi connectivity index (χ4n) is 3.67. The molecule has 28 heavy (non-hydrogen) atoms. The molecule has 1 saturated heterocycles. The van der Waals surface area contributed by atoms with Gasteiger partial charge in [0, 0.05) is 17.3 Å². The Balaban J connectivity index is 1.56. The zero-order valence-electron chi connectivity index (χ0n) is 15.1. The highest BCUT2D eigenvalue weighted by Crippen LogP contribution is 2.41. The molecule has 4 nitrogen and oxygen atoms in total. The van der Waals surface area contributed by atoms with Gasteiger partial charge in [-0.05, 0) is 42.0 Å². The summed E-state index contributed by atoms with van der Waals surface area (Å²) in [6, 6.07) is 29.0. The van der Waals surface area contributed by atoms with E-state index in [4.69, 9.17) is 4.74 Å². The predicted octanol–water partition coefficient (Wildman–Crippen LogP) is 4.77. The van der Waals surface area contributed by atoms with Crippen molar-refractivity contribution in [1.29, 1.82) is 0 Å². The van der Waals surface area contributed by atoms with E-state index >= 15 is 0 Å². The first-order valence-electron chi connectivity index (χ1n) is 9.26. The number of aromatic nitrogens is 1. The molecular weight excluding hydrogens is 348 g/mol. The molecule has 3 aromatic carbocycles. The maximum Gasteiger partial charge on any atom is 0.271 e. The van der Waals surface area contributed by atoms with Crippen LogP contribution in [0.25, 0.3) is 10.9 Å². The van der Waals surface area contributed by atoms with Crippen molar-refractivity contribution in [2.24, 2.45) is 0 Å². The molecule has 4 heteroatoms. The lowest BCUT2D eigenvalue weighted by atomic mass is 9.90. The van der Waals surface area contributed by atoms with Crippen molar-refractivity contribution in [2.75, 3.05) is 4.90 Å². The van der Waals surface area contributed by atoms with Crippen molar-refractivity contribution in [3.63, 3.8) is 0 Å². The number of ether oxygens (including phenoxy) is 1. The molecule has 2 unspecified atom stereocenters. The molecule has 0 spiro atoms. The van der Waals surface area contributed by atoms with Crippen LogP contribution in [0.2, 0.25) is 0 Å². The smallest absolute Gasteiger partial charge is 0.271 e. The number of hydrogen-bond acceptors (Lipinski definition) is 3.